The van der Waals surface area contributed by atoms with Crippen LogP contribution in [0.5, 0.6) is 0 Å². The van der Waals surface area contributed by atoms with E-state index in [0.29, 0.717) is 6.42 Å². The Bertz CT molecular complexity index is 545. The quantitative estimate of drug-likeness (QED) is 0.0970. The summed E-state index contributed by atoms with van der Waals surface area (Å²) in [6, 6.07) is 0. The van der Waals surface area contributed by atoms with Crippen LogP contribution in [0.2, 0.25) is 0 Å². The topological polar surface area (TPSA) is 178 Å². The van der Waals surface area contributed by atoms with Crippen LogP contribution >= 0.6 is 0 Å². The second kappa shape index (κ2) is 34.0. The van der Waals surface area contributed by atoms with Crippen LogP contribution in [0.3, 0.4) is 0 Å². The van der Waals surface area contributed by atoms with Crippen molar-refractivity contribution in [1.29, 1.82) is 0 Å². The molecule has 0 fully saturated rings. The number of aliphatic hydroxyl groups is 1. The number of aliphatic carboxylic acids is 4. The van der Waals surface area contributed by atoms with Gasteiger partial charge in [0.25, 0.3) is 0 Å². The zero-order chi connectivity index (χ0) is 25.5. The van der Waals surface area contributed by atoms with Gasteiger partial charge in [-0.3, -0.25) is 4.79 Å². The number of rotatable bonds is 21. The molecule has 0 heterocycles. The monoisotopic (exact) mass is 590 g/mol. The van der Waals surface area contributed by atoms with Crippen molar-refractivity contribution in [2.75, 3.05) is 0 Å². The van der Waals surface area contributed by atoms with E-state index in [9.17, 15) is 34.5 Å². The van der Waals surface area contributed by atoms with Crippen molar-refractivity contribution >= 4 is 23.9 Å². The number of carboxylic acid groups (broad SMARTS) is 4. The van der Waals surface area contributed by atoms with Gasteiger partial charge in [-0.2, -0.15) is 0 Å². The SMILES string of the molecule is CCCCCCCCCCCCCCCCCC(=O)O.O=C([O-])CC(O)(CC(=O)[O-])C(=O)[O-].[K+].[K+].[K+]. The Morgan fingerprint density at radius 2 is 0.861 bits per heavy atom. The molecule has 36 heavy (non-hydrogen) atoms. The number of hydrogen-bond acceptors (Lipinski definition) is 8. The molecule has 0 rings (SSSR count). The van der Waals surface area contributed by atoms with Gasteiger partial charge in [0, 0.05) is 31.2 Å². The smallest absolute Gasteiger partial charge is 0.550 e. The summed E-state index contributed by atoms with van der Waals surface area (Å²) >= 11 is 0. The van der Waals surface area contributed by atoms with Crippen LogP contribution in [0.25, 0.3) is 0 Å². The Labute approximate surface area is 344 Å². The Kier molecular flexibility index (Phi) is 45.7. The van der Waals surface area contributed by atoms with Crippen molar-refractivity contribution < 1.29 is 199 Å². The number of carboxylic acids is 4. The molecule has 0 aromatic rings. The van der Waals surface area contributed by atoms with Crippen LogP contribution in [0.15, 0.2) is 0 Å². The summed E-state index contributed by atoms with van der Waals surface area (Å²) in [5.74, 6) is -6.64. The number of hydrogen-bond donors (Lipinski definition) is 2. The summed E-state index contributed by atoms with van der Waals surface area (Å²) < 4.78 is 0. The van der Waals surface area contributed by atoms with Crippen LogP contribution in [0.4, 0.5) is 0 Å². The molecule has 0 unspecified atom stereocenters. The molecule has 2 N–H and O–H groups in total. The third-order valence-electron chi connectivity index (χ3n) is 5.25. The molecule has 0 aliphatic carbocycles. The van der Waals surface area contributed by atoms with Crippen molar-refractivity contribution in [2.24, 2.45) is 0 Å². The minimum absolute atomic E-state index is 0. The van der Waals surface area contributed by atoms with E-state index in [1.807, 2.05) is 0 Å². The maximum Gasteiger partial charge on any atom is 1.00 e. The molecule has 0 aromatic heterocycles. The molecule has 0 amide bonds. The van der Waals surface area contributed by atoms with E-state index in [1.165, 1.54) is 83.5 Å². The molecule has 194 valence electrons. The van der Waals surface area contributed by atoms with Gasteiger partial charge >= 0.3 is 160 Å². The van der Waals surface area contributed by atoms with Crippen LogP contribution < -0.4 is 169 Å². The summed E-state index contributed by atoms with van der Waals surface area (Å²) in [5.41, 5.74) is -2.97. The molecule has 0 bridgehead atoms. The van der Waals surface area contributed by atoms with Gasteiger partial charge in [0.2, 0.25) is 0 Å². The summed E-state index contributed by atoms with van der Waals surface area (Å²) in [6.45, 7) is 2.27. The van der Waals surface area contributed by atoms with Crippen LogP contribution in [0.1, 0.15) is 122 Å². The van der Waals surface area contributed by atoms with E-state index in [-0.39, 0.29) is 154 Å². The first-order chi connectivity index (χ1) is 15.5. The van der Waals surface area contributed by atoms with Crippen molar-refractivity contribution in [2.45, 2.75) is 128 Å². The summed E-state index contributed by atoms with van der Waals surface area (Å²) in [6.07, 6.45) is 17.5. The second-order valence-corrected chi connectivity index (χ2v) is 8.51. The molecule has 0 aliphatic heterocycles. The summed E-state index contributed by atoms with van der Waals surface area (Å²) in [7, 11) is 0. The van der Waals surface area contributed by atoms with Gasteiger partial charge in [-0.05, 0) is 6.42 Å². The Hall–Kier alpha value is 2.75. The number of carbonyl (C=O) groups is 4. The summed E-state index contributed by atoms with van der Waals surface area (Å²) in [4.78, 5) is 40.3. The van der Waals surface area contributed by atoms with E-state index in [2.05, 4.69) is 6.92 Å². The van der Waals surface area contributed by atoms with Crippen LogP contribution in [-0.2, 0) is 19.2 Å². The van der Waals surface area contributed by atoms with Crippen molar-refractivity contribution in [3.63, 3.8) is 0 Å². The van der Waals surface area contributed by atoms with Crippen LogP contribution in [-0.4, -0.2) is 39.7 Å². The van der Waals surface area contributed by atoms with E-state index < -0.39 is 42.3 Å². The first-order valence-electron chi connectivity index (χ1n) is 12.1. The normalized spacial score (nSPS) is 9.94. The molecule has 12 heteroatoms. The fourth-order valence-electron chi connectivity index (χ4n) is 3.33. The van der Waals surface area contributed by atoms with Gasteiger partial charge < -0.3 is 39.9 Å². The molecular weight excluding hydrogens is 550 g/mol. The average molecular weight is 591 g/mol. The largest absolute Gasteiger partial charge is 1.00 e. The third-order valence-corrected chi connectivity index (χ3v) is 5.25. The molecule has 0 aromatic carbocycles. The van der Waals surface area contributed by atoms with Gasteiger partial charge in [-0.1, -0.05) is 96.8 Å². The maximum atomic E-state index is 10.3. The maximum absolute atomic E-state index is 10.3. The van der Waals surface area contributed by atoms with Gasteiger partial charge in [0.05, 0.1) is 5.97 Å². The standard InChI is InChI=1S/C18H36O2.C6H8O7.3K/c1-2-3-4-5-6-7-8-9-10-11-12-13-14-15-16-17-18(19)20;7-3(8)1-6(13,5(11)12)2-4(9)10;;;/h2-17H2,1H3,(H,19,20);13H,1-2H2,(H,7,8)(H,9,10)(H,11,12);;;/q;;3*+1/p-3. The number of unbranched alkanes of at least 4 members (excludes halogenated alkanes) is 14. The predicted octanol–water partition coefficient (Wildman–Crippen LogP) is -7.91. The molecule has 0 radical (unpaired) electrons. The second-order valence-electron chi connectivity index (χ2n) is 8.51. The summed E-state index contributed by atoms with van der Waals surface area (Å²) in [5, 5.41) is 47.4. The van der Waals surface area contributed by atoms with Gasteiger partial charge in [0.1, 0.15) is 5.60 Å². The predicted molar refractivity (Wildman–Crippen MR) is 116 cm³/mol. The van der Waals surface area contributed by atoms with E-state index in [1.54, 1.807) is 0 Å². The van der Waals surface area contributed by atoms with Gasteiger partial charge in [-0.25, -0.2) is 0 Å². The molecule has 0 saturated carbocycles. The average Bonchev–Trinajstić information content (AvgIpc) is 2.70. The molecule has 9 nitrogen and oxygen atoms in total. The first kappa shape index (κ1) is 48.5. The zero-order valence-electron chi connectivity index (χ0n) is 23.0. The minimum atomic E-state index is -2.97. The van der Waals surface area contributed by atoms with E-state index in [4.69, 9.17) is 10.2 Å². The van der Waals surface area contributed by atoms with Crippen LogP contribution in [0, 0.1) is 0 Å². The fourth-order valence-corrected chi connectivity index (χ4v) is 3.33. The Balaban J connectivity index is -0.000000177. The van der Waals surface area contributed by atoms with Crippen molar-refractivity contribution in [3.8, 4) is 0 Å². The third kappa shape index (κ3) is 36.7. The molecule has 0 saturated heterocycles. The molecule has 0 spiro atoms. The molecule has 0 atom stereocenters. The minimum Gasteiger partial charge on any atom is -0.550 e. The zero-order valence-corrected chi connectivity index (χ0v) is 32.3. The van der Waals surface area contributed by atoms with Gasteiger partial charge in [-0.15, -0.1) is 0 Å². The Morgan fingerprint density at radius 3 is 1.08 bits per heavy atom. The van der Waals surface area contributed by atoms with E-state index in [0.717, 1.165) is 12.8 Å². The first-order valence-corrected chi connectivity index (χ1v) is 12.1. The Morgan fingerprint density at radius 1 is 0.583 bits per heavy atom. The number of carbonyl (C=O) groups excluding carboxylic acids is 3. The van der Waals surface area contributed by atoms with Crippen molar-refractivity contribution in [1.82, 2.24) is 0 Å². The molecule has 0 aliphatic rings. The van der Waals surface area contributed by atoms with Crippen molar-refractivity contribution in [3.05, 3.63) is 0 Å². The van der Waals surface area contributed by atoms with Gasteiger partial charge in [0.15, 0.2) is 0 Å². The van der Waals surface area contributed by atoms with E-state index >= 15 is 0 Å². The fraction of sp³-hybridized carbons (Fsp3) is 0.833. The molecular formula is C24H41K3O9.